The first kappa shape index (κ1) is 23.6. The minimum Gasteiger partial charge on any atom is -0.456 e. The van der Waals surface area contributed by atoms with Gasteiger partial charge in [0.2, 0.25) is 0 Å². The molecule has 7 nitrogen and oxygen atoms in total. The molecule has 2 aromatic carbocycles. The summed E-state index contributed by atoms with van der Waals surface area (Å²) in [4.78, 5) is 6.59. The molecule has 2 N–H and O–H groups in total. The molecule has 1 fully saturated rings. The number of ether oxygens (including phenoxy) is 3. The van der Waals surface area contributed by atoms with Crippen molar-refractivity contribution in [1.29, 1.82) is 0 Å². The van der Waals surface area contributed by atoms with Gasteiger partial charge < -0.3 is 29.7 Å². The van der Waals surface area contributed by atoms with Crippen molar-refractivity contribution in [2.75, 3.05) is 38.7 Å². The minimum absolute atomic E-state index is 0.155. The van der Waals surface area contributed by atoms with Crippen LogP contribution in [0, 0.1) is 0 Å². The van der Waals surface area contributed by atoms with E-state index >= 15 is 0 Å². The molecule has 1 saturated heterocycles. The SMILES string of the molecule is COC1C=C(N2CCOCC2)C=C(c2cccc3c2Oc2ccc(NC(C)c4cccnc4)cc2C3)N1. The smallest absolute Gasteiger partial charge is 0.148 e. The minimum atomic E-state index is -0.208. The summed E-state index contributed by atoms with van der Waals surface area (Å²) in [5.74, 6) is 1.79. The molecule has 3 aliphatic heterocycles. The van der Waals surface area contributed by atoms with Crippen LogP contribution in [0.5, 0.6) is 11.5 Å². The fraction of sp³-hybridized carbons (Fsp3) is 0.300. The summed E-state index contributed by atoms with van der Waals surface area (Å²) in [7, 11) is 1.72. The van der Waals surface area contributed by atoms with Crippen molar-refractivity contribution in [3.05, 3.63) is 101 Å². The van der Waals surface area contributed by atoms with Gasteiger partial charge in [-0.25, -0.2) is 0 Å². The van der Waals surface area contributed by atoms with Crippen molar-refractivity contribution in [2.24, 2.45) is 0 Å². The number of nitrogens with zero attached hydrogens (tertiary/aromatic N) is 2. The molecule has 4 heterocycles. The highest BCUT2D eigenvalue weighted by Crippen LogP contribution is 2.42. The number of allylic oxidation sites excluding steroid dienone is 1. The number of fused-ring (bicyclic) bond motifs is 2. The van der Waals surface area contributed by atoms with E-state index in [1.165, 1.54) is 11.1 Å². The number of benzene rings is 2. The lowest BCUT2D eigenvalue weighted by Crippen LogP contribution is -2.39. The van der Waals surface area contributed by atoms with Crippen molar-refractivity contribution >= 4 is 11.4 Å². The summed E-state index contributed by atoms with van der Waals surface area (Å²) in [5, 5.41) is 7.11. The van der Waals surface area contributed by atoms with Crippen LogP contribution in [0.3, 0.4) is 0 Å². The first-order chi connectivity index (χ1) is 18.2. The Morgan fingerprint density at radius 3 is 2.81 bits per heavy atom. The largest absolute Gasteiger partial charge is 0.456 e. The average molecular weight is 497 g/mol. The Kier molecular flexibility index (Phi) is 6.55. The fourth-order valence-corrected chi connectivity index (χ4v) is 5.13. The molecule has 3 aliphatic rings. The highest BCUT2D eigenvalue weighted by atomic mass is 16.5. The van der Waals surface area contributed by atoms with Gasteiger partial charge in [0.05, 0.1) is 19.3 Å². The van der Waals surface area contributed by atoms with Gasteiger partial charge in [0, 0.05) is 67.2 Å². The van der Waals surface area contributed by atoms with Gasteiger partial charge in [-0.1, -0.05) is 18.2 Å². The Balaban J connectivity index is 1.26. The maximum Gasteiger partial charge on any atom is 0.148 e. The van der Waals surface area contributed by atoms with Crippen LogP contribution in [0.15, 0.2) is 78.8 Å². The van der Waals surface area contributed by atoms with Crippen molar-refractivity contribution in [3.63, 3.8) is 0 Å². The number of rotatable bonds is 6. The number of pyridine rings is 1. The molecule has 7 heteroatoms. The van der Waals surface area contributed by atoms with Crippen LogP contribution in [0.4, 0.5) is 5.69 Å². The monoisotopic (exact) mass is 496 g/mol. The van der Waals surface area contributed by atoms with Gasteiger partial charge in [-0.3, -0.25) is 4.98 Å². The van der Waals surface area contributed by atoms with Gasteiger partial charge in [-0.15, -0.1) is 0 Å². The van der Waals surface area contributed by atoms with Crippen molar-refractivity contribution in [2.45, 2.75) is 25.6 Å². The van der Waals surface area contributed by atoms with Gasteiger partial charge in [-0.2, -0.15) is 0 Å². The summed E-state index contributed by atoms with van der Waals surface area (Å²) in [5.41, 5.74) is 7.74. The molecule has 0 radical (unpaired) electrons. The number of hydrogen-bond donors (Lipinski definition) is 2. The fourth-order valence-electron chi connectivity index (χ4n) is 5.13. The van der Waals surface area contributed by atoms with Crippen LogP contribution in [-0.4, -0.2) is 49.5 Å². The van der Waals surface area contributed by atoms with Crippen molar-refractivity contribution < 1.29 is 14.2 Å². The molecule has 2 unspecified atom stereocenters. The number of hydrogen-bond acceptors (Lipinski definition) is 7. The Morgan fingerprint density at radius 2 is 2.00 bits per heavy atom. The molecule has 6 rings (SSSR count). The zero-order valence-corrected chi connectivity index (χ0v) is 21.2. The Labute approximate surface area is 217 Å². The van der Waals surface area contributed by atoms with E-state index in [0.717, 1.165) is 72.4 Å². The highest BCUT2D eigenvalue weighted by Gasteiger charge is 2.26. The number of morpholine rings is 1. The van der Waals surface area contributed by atoms with Crippen molar-refractivity contribution in [1.82, 2.24) is 15.2 Å². The lowest BCUT2D eigenvalue weighted by molar-refractivity contribution is 0.0531. The predicted octanol–water partition coefficient (Wildman–Crippen LogP) is 5.08. The predicted molar refractivity (Wildman–Crippen MR) is 144 cm³/mol. The van der Waals surface area contributed by atoms with Gasteiger partial charge in [0.1, 0.15) is 17.7 Å². The van der Waals surface area contributed by atoms with E-state index in [0.29, 0.717) is 0 Å². The molecule has 3 aromatic rings. The third kappa shape index (κ3) is 4.92. The van der Waals surface area contributed by atoms with E-state index in [-0.39, 0.29) is 12.3 Å². The second kappa shape index (κ2) is 10.3. The molecule has 2 atom stereocenters. The van der Waals surface area contributed by atoms with E-state index in [9.17, 15) is 0 Å². The Morgan fingerprint density at radius 1 is 1.11 bits per heavy atom. The van der Waals surface area contributed by atoms with Crippen LogP contribution in [0.25, 0.3) is 5.70 Å². The molecule has 1 aromatic heterocycles. The molecule has 0 saturated carbocycles. The number of dihydropyridines is 1. The summed E-state index contributed by atoms with van der Waals surface area (Å²) in [6.07, 6.45) is 8.62. The van der Waals surface area contributed by atoms with Gasteiger partial charge in [0.15, 0.2) is 0 Å². The molecule has 0 spiro atoms. The second-order valence-electron chi connectivity index (χ2n) is 9.60. The molecule has 0 bridgehead atoms. The molecule has 0 amide bonds. The standard InChI is InChI=1S/C30H32N4O3/c1-20(22-6-4-10-31-19-22)32-24-8-9-28-23(16-24)15-21-5-3-7-26(30(21)37-28)27-17-25(18-29(33-27)35-2)34-11-13-36-14-12-34/h3-10,16-20,29,32-33H,11-15H2,1-2H3. The van der Waals surface area contributed by atoms with Crippen LogP contribution in [0.2, 0.25) is 0 Å². The quantitative estimate of drug-likeness (QED) is 0.386. The van der Waals surface area contributed by atoms with Gasteiger partial charge >= 0.3 is 0 Å². The molecule has 0 aliphatic carbocycles. The van der Waals surface area contributed by atoms with Crippen LogP contribution in [-0.2, 0) is 15.9 Å². The van der Waals surface area contributed by atoms with E-state index in [1.807, 2.05) is 12.3 Å². The maximum atomic E-state index is 6.54. The maximum absolute atomic E-state index is 6.54. The van der Waals surface area contributed by atoms with E-state index < -0.39 is 0 Å². The first-order valence-corrected chi connectivity index (χ1v) is 12.8. The van der Waals surface area contributed by atoms with Crippen LogP contribution >= 0.6 is 0 Å². The highest BCUT2D eigenvalue weighted by molar-refractivity contribution is 5.75. The molecule has 37 heavy (non-hydrogen) atoms. The number of para-hydroxylation sites is 1. The lowest BCUT2D eigenvalue weighted by Gasteiger charge is -2.34. The first-order valence-electron chi connectivity index (χ1n) is 12.8. The zero-order chi connectivity index (χ0) is 25.2. The summed E-state index contributed by atoms with van der Waals surface area (Å²) in [6, 6.07) is 16.9. The normalized spacial score (nSPS) is 19.4. The molecule has 190 valence electrons. The summed E-state index contributed by atoms with van der Waals surface area (Å²) >= 11 is 0. The molecular weight excluding hydrogens is 464 g/mol. The average Bonchev–Trinajstić information content (AvgIpc) is 2.96. The van der Waals surface area contributed by atoms with Crippen LogP contribution in [0.1, 0.15) is 35.2 Å². The van der Waals surface area contributed by atoms with E-state index in [4.69, 9.17) is 14.2 Å². The number of aromatic nitrogens is 1. The van der Waals surface area contributed by atoms with Crippen LogP contribution < -0.4 is 15.4 Å². The second-order valence-corrected chi connectivity index (χ2v) is 9.60. The number of methoxy groups -OCH3 is 1. The van der Waals surface area contributed by atoms with E-state index in [2.05, 4.69) is 82.1 Å². The zero-order valence-electron chi connectivity index (χ0n) is 21.2. The van der Waals surface area contributed by atoms with E-state index in [1.54, 1.807) is 13.3 Å². The summed E-state index contributed by atoms with van der Waals surface area (Å²) in [6.45, 7) is 5.37. The lowest BCUT2D eigenvalue weighted by atomic mass is 9.95. The third-order valence-corrected chi connectivity index (χ3v) is 7.15. The summed E-state index contributed by atoms with van der Waals surface area (Å²) < 4.78 is 17.8. The molecular formula is C30H32N4O3. The number of anilines is 1. The van der Waals surface area contributed by atoms with Crippen molar-refractivity contribution in [3.8, 4) is 11.5 Å². The van der Waals surface area contributed by atoms with Gasteiger partial charge in [0.25, 0.3) is 0 Å². The number of nitrogens with one attached hydrogen (secondary N) is 2. The Hall–Kier alpha value is -3.81. The Bertz CT molecular complexity index is 1330. The third-order valence-electron chi connectivity index (χ3n) is 7.15. The topological polar surface area (TPSA) is 67.9 Å². The van der Waals surface area contributed by atoms with Gasteiger partial charge in [-0.05, 0) is 60.5 Å².